The van der Waals surface area contributed by atoms with Gasteiger partial charge in [0.1, 0.15) is 0 Å². The number of aromatic nitrogens is 2. The summed E-state index contributed by atoms with van der Waals surface area (Å²) in [5, 5.41) is 9.29. The van der Waals surface area contributed by atoms with Gasteiger partial charge in [-0.2, -0.15) is 0 Å². The average molecular weight is 511 g/mol. The van der Waals surface area contributed by atoms with Crippen LogP contribution in [-0.4, -0.2) is 35.6 Å². The summed E-state index contributed by atoms with van der Waals surface area (Å²) in [4.78, 5) is 13.9. The number of aromatic amines is 1. The lowest BCUT2D eigenvalue weighted by Gasteiger charge is -2.11. The lowest BCUT2D eigenvalue weighted by atomic mass is 10.1. The van der Waals surface area contributed by atoms with Crippen LogP contribution < -0.4 is 10.6 Å². The number of benzene rings is 1. The Balaban J connectivity index is 0.00000280. The molecule has 3 rings (SSSR count). The van der Waals surface area contributed by atoms with Gasteiger partial charge in [-0.15, -0.1) is 35.3 Å². The van der Waals surface area contributed by atoms with Gasteiger partial charge in [-0.25, -0.2) is 4.98 Å². The first kappa shape index (κ1) is 22.7. The number of fused-ring (bicyclic) bond motifs is 1. The summed E-state index contributed by atoms with van der Waals surface area (Å²) in [5.41, 5.74) is 3.88. The largest absolute Gasteiger partial charge is 0.361 e. The average Bonchev–Trinajstić information content (AvgIpc) is 3.29. The number of hydrogen-bond acceptors (Lipinski definition) is 3. The van der Waals surface area contributed by atoms with Gasteiger partial charge in [-0.3, -0.25) is 4.99 Å². The van der Waals surface area contributed by atoms with Gasteiger partial charge < -0.3 is 15.6 Å². The molecule has 0 amide bonds. The van der Waals surface area contributed by atoms with E-state index in [9.17, 15) is 0 Å². The molecule has 0 radical (unpaired) electrons. The number of aliphatic imine (C=N–C) groups is 1. The van der Waals surface area contributed by atoms with Crippen molar-refractivity contribution >= 4 is 52.2 Å². The zero-order valence-corrected chi connectivity index (χ0v) is 20.0. The molecule has 1 aromatic carbocycles. The number of guanidine groups is 1. The molecule has 0 aliphatic rings. The Kier molecular flexibility index (Phi) is 9.24. The van der Waals surface area contributed by atoms with Crippen LogP contribution in [0.25, 0.3) is 10.9 Å². The van der Waals surface area contributed by atoms with Crippen LogP contribution >= 0.6 is 35.3 Å². The highest BCUT2D eigenvalue weighted by atomic mass is 127. The summed E-state index contributed by atoms with van der Waals surface area (Å²) in [5.74, 6) is 0.876. The summed E-state index contributed by atoms with van der Waals surface area (Å²) in [7, 11) is 0. The van der Waals surface area contributed by atoms with Gasteiger partial charge in [0.25, 0.3) is 0 Å². The molecule has 0 unspecified atom stereocenters. The smallest absolute Gasteiger partial charge is 0.191 e. The van der Waals surface area contributed by atoms with Crippen LogP contribution in [0.2, 0.25) is 0 Å². The van der Waals surface area contributed by atoms with Gasteiger partial charge in [0.2, 0.25) is 0 Å². The van der Waals surface area contributed by atoms with Gasteiger partial charge in [0, 0.05) is 54.2 Å². The first-order valence-corrected chi connectivity index (χ1v) is 10.5. The molecule has 3 N–H and O–H groups in total. The topological polar surface area (TPSA) is 65.1 Å². The minimum atomic E-state index is 0. The van der Waals surface area contributed by atoms with Crippen molar-refractivity contribution in [2.45, 2.75) is 40.0 Å². The molecule has 28 heavy (non-hydrogen) atoms. The quantitative estimate of drug-likeness (QED) is 0.238. The van der Waals surface area contributed by atoms with Gasteiger partial charge >= 0.3 is 0 Å². The third kappa shape index (κ3) is 5.94. The van der Waals surface area contributed by atoms with E-state index in [1.807, 2.05) is 6.20 Å². The molecule has 0 saturated heterocycles. The second-order valence-corrected chi connectivity index (χ2v) is 7.77. The lowest BCUT2D eigenvalue weighted by Crippen LogP contribution is -2.38. The van der Waals surface area contributed by atoms with Gasteiger partial charge in [-0.05, 0) is 43.9 Å². The third-order valence-corrected chi connectivity index (χ3v) is 5.77. The van der Waals surface area contributed by atoms with Crippen molar-refractivity contribution in [3.05, 3.63) is 51.6 Å². The Labute approximate surface area is 188 Å². The lowest BCUT2D eigenvalue weighted by molar-refractivity contribution is 0.798. The Hall–Kier alpha value is -1.61. The van der Waals surface area contributed by atoms with E-state index < -0.39 is 0 Å². The number of halogens is 1. The third-order valence-electron chi connectivity index (χ3n) is 4.57. The highest BCUT2D eigenvalue weighted by molar-refractivity contribution is 14.0. The van der Waals surface area contributed by atoms with Crippen LogP contribution in [0.5, 0.6) is 0 Å². The maximum atomic E-state index is 4.70. The number of thiazole rings is 1. The molecular weight excluding hydrogens is 481 g/mol. The molecule has 0 saturated carbocycles. The van der Waals surface area contributed by atoms with E-state index >= 15 is 0 Å². The monoisotopic (exact) mass is 511 g/mol. The van der Waals surface area contributed by atoms with Crippen LogP contribution in [-0.2, 0) is 19.3 Å². The van der Waals surface area contributed by atoms with E-state index in [0.717, 1.165) is 44.9 Å². The number of rotatable bonds is 8. The Morgan fingerprint density at radius 1 is 1.21 bits per heavy atom. The molecule has 2 heterocycles. The van der Waals surface area contributed by atoms with Crippen molar-refractivity contribution in [3.8, 4) is 0 Å². The van der Waals surface area contributed by atoms with Gasteiger partial charge in [-0.1, -0.05) is 19.1 Å². The molecule has 3 aromatic rings. The highest BCUT2D eigenvalue weighted by Gasteiger charge is 2.06. The first-order valence-electron chi connectivity index (χ1n) is 9.72. The molecule has 0 spiro atoms. The SMILES string of the molecule is CCNC(=NCCc1ncc(CC)s1)NCCc1c[nH]c2cccc(C)c12.I. The molecule has 0 fully saturated rings. The Morgan fingerprint density at radius 2 is 2.07 bits per heavy atom. The number of nitrogens with zero attached hydrogens (tertiary/aromatic N) is 2. The Bertz CT molecular complexity index is 899. The number of aryl methyl sites for hydroxylation is 2. The maximum absolute atomic E-state index is 4.70. The fourth-order valence-electron chi connectivity index (χ4n) is 3.20. The summed E-state index contributed by atoms with van der Waals surface area (Å²) in [6.07, 6.45) is 7.01. The summed E-state index contributed by atoms with van der Waals surface area (Å²) >= 11 is 1.79. The van der Waals surface area contributed by atoms with E-state index in [1.165, 1.54) is 31.9 Å². The predicted octanol–water partition coefficient (Wildman–Crippen LogP) is 4.45. The van der Waals surface area contributed by atoms with Crippen molar-refractivity contribution in [1.82, 2.24) is 20.6 Å². The summed E-state index contributed by atoms with van der Waals surface area (Å²) in [6, 6.07) is 6.40. The molecule has 0 atom stereocenters. The van der Waals surface area contributed by atoms with E-state index in [2.05, 4.69) is 65.8 Å². The second kappa shape index (κ2) is 11.4. The van der Waals surface area contributed by atoms with Crippen LogP contribution in [0.1, 0.15) is 34.9 Å². The molecule has 2 aromatic heterocycles. The molecule has 152 valence electrons. The second-order valence-electron chi connectivity index (χ2n) is 6.57. The summed E-state index contributed by atoms with van der Waals surface area (Å²) < 4.78 is 0. The number of hydrogen-bond donors (Lipinski definition) is 3. The van der Waals surface area contributed by atoms with Crippen LogP contribution in [0.15, 0.2) is 35.6 Å². The standard InChI is InChI=1S/C21H29N5S.HI/c1-4-17-14-26-19(27-17)10-12-24-21(22-5-2)23-11-9-16-13-25-18-8-6-7-15(3)20(16)18;/h6-8,13-14,25H,4-5,9-12H2,1-3H3,(H2,22,23,24);1H. The van der Waals surface area contributed by atoms with Crippen molar-refractivity contribution in [2.75, 3.05) is 19.6 Å². The minimum absolute atomic E-state index is 0. The first-order chi connectivity index (χ1) is 13.2. The number of nitrogens with one attached hydrogen (secondary N) is 3. The van der Waals surface area contributed by atoms with Crippen molar-refractivity contribution in [3.63, 3.8) is 0 Å². The predicted molar refractivity (Wildman–Crippen MR) is 131 cm³/mol. The van der Waals surface area contributed by atoms with Crippen LogP contribution in [0, 0.1) is 6.92 Å². The Morgan fingerprint density at radius 3 is 2.82 bits per heavy atom. The van der Waals surface area contributed by atoms with Crippen molar-refractivity contribution in [1.29, 1.82) is 0 Å². The zero-order chi connectivity index (χ0) is 19.1. The molecule has 0 bridgehead atoms. The van der Waals surface area contributed by atoms with E-state index in [4.69, 9.17) is 4.99 Å². The fourth-order valence-corrected chi connectivity index (χ4v) is 4.05. The van der Waals surface area contributed by atoms with Crippen LogP contribution in [0.3, 0.4) is 0 Å². The number of H-pyrrole nitrogens is 1. The van der Waals surface area contributed by atoms with E-state index in [-0.39, 0.29) is 24.0 Å². The minimum Gasteiger partial charge on any atom is -0.361 e. The summed E-state index contributed by atoms with van der Waals surface area (Å²) in [6.45, 7) is 8.88. The highest BCUT2D eigenvalue weighted by Crippen LogP contribution is 2.22. The molecule has 0 aliphatic heterocycles. The zero-order valence-electron chi connectivity index (χ0n) is 16.8. The molecular formula is C21H30IN5S. The van der Waals surface area contributed by atoms with Gasteiger partial charge in [0.05, 0.1) is 5.01 Å². The molecule has 7 heteroatoms. The van der Waals surface area contributed by atoms with Crippen molar-refractivity contribution in [2.24, 2.45) is 4.99 Å². The van der Waals surface area contributed by atoms with Crippen LogP contribution in [0.4, 0.5) is 0 Å². The molecule has 5 nitrogen and oxygen atoms in total. The van der Waals surface area contributed by atoms with E-state index in [1.54, 1.807) is 11.3 Å². The normalized spacial score (nSPS) is 11.5. The maximum Gasteiger partial charge on any atom is 0.191 e. The molecule has 0 aliphatic carbocycles. The fraction of sp³-hybridized carbons (Fsp3) is 0.429. The van der Waals surface area contributed by atoms with E-state index in [0.29, 0.717) is 0 Å². The van der Waals surface area contributed by atoms with Gasteiger partial charge in [0.15, 0.2) is 5.96 Å². The van der Waals surface area contributed by atoms with Crippen molar-refractivity contribution < 1.29 is 0 Å².